The Labute approximate surface area is 317 Å². The van der Waals surface area contributed by atoms with Gasteiger partial charge in [0, 0.05) is 38.5 Å². The van der Waals surface area contributed by atoms with E-state index in [4.69, 9.17) is 4.42 Å². The highest BCUT2D eigenvalue weighted by Gasteiger charge is 2.62. The van der Waals surface area contributed by atoms with Gasteiger partial charge < -0.3 is 9.32 Å². The number of furan rings is 1. The number of rotatable bonds is 3. The van der Waals surface area contributed by atoms with Crippen LogP contribution in [0.15, 0.2) is 132 Å². The minimum absolute atomic E-state index is 0.0895. The van der Waals surface area contributed by atoms with Crippen LogP contribution in [0.3, 0.4) is 0 Å². The largest absolute Gasteiger partial charge is 0.456 e. The summed E-state index contributed by atoms with van der Waals surface area (Å²) in [4.78, 5) is 2.63. The van der Waals surface area contributed by atoms with Gasteiger partial charge >= 0.3 is 0 Å². The van der Waals surface area contributed by atoms with E-state index >= 15 is 0 Å². The summed E-state index contributed by atoms with van der Waals surface area (Å²) >= 11 is 0. The van der Waals surface area contributed by atoms with Gasteiger partial charge in [-0.15, -0.1) is 0 Å². The molecule has 0 unspecified atom stereocenters. The van der Waals surface area contributed by atoms with E-state index in [-0.39, 0.29) is 10.8 Å². The molecule has 2 spiro atoms. The summed E-state index contributed by atoms with van der Waals surface area (Å²) < 4.78 is 6.40. The van der Waals surface area contributed by atoms with Crippen LogP contribution in [-0.2, 0) is 10.8 Å². The van der Waals surface area contributed by atoms with Crippen molar-refractivity contribution in [2.45, 2.75) is 75.0 Å². The normalized spacial score (nSPS) is 26.4. The molecule has 7 aliphatic carbocycles. The molecule has 2 nitrogen and oxygen atoms in total. The van der Waals surface area contributed by atoms with Crippen molar-refractivity contribution < 1.29 is 4.42 Å². The van der Waals surface area contributed by atoms with Crippen LogP contribution in [-0.4, -0.2) is 0 Å². The number of benzene rings is 6. The van der Waals surface area contributed by atoms with E-state index in [1.165, 1.54) is 120 Å². The Morgan fingerprint density at radius 3 is 1.96 bits per heavy atom. The van der Waals surface area contributed by atoms with Crippen LogP contribution >= 0.6 is 0 Å². The average Bonchev–Trinajstić information content (AvgIpc) is 3.82. The van der Waals surface area contributed by atoms with Crippen molar-refractivity contribution in [2.24, 2.45) is 23.7 Å². The van der Waals surface area contributed by atoms with E-state index in [2.05, 4.69) is 132 Å². The summed E-state index contributed by atoms with van der Waals surface area (Å²) in [5, 5.41) is 2.35. The van der Waals surface area contributed by atoms with E-state index in [1.54, 1.807) is 16.7 Å². The van der Waals surface area contributed by atoms with Crippen LogP contribution in [0.25, 0.3) is 44.2 Å². The first-order valence-electron chi connectivity index (χ1n) is 20.9. The fraction of sp³-hybridized carbons (Fsp3) is 0.308. The molecule has 6 aromatic carbocycles. The zero-order valence-corrected chi connectivity index (χ0v) is 30.9. The van der Waals surface area contributed by atoms with Gasteiger partial charge in [-0.1, -0.05) is 104 Å². The molecule has 1 heterocycles. The number of para-hydroxylation sites is 1. The predicted octanol–water partition coefficient (Wildman–Crippen LogP) is 14.0. The Morgan fingerprint density at radius 2 is 1.13 bits per heavy atom. The fourth-order valence-electron chi connectivity index (χ4n) is 13.9. The topological polar surface area (TPSA) is 16.4 Å². The van der Waals surface area contributed by atoms with Gasteiger partial charge in [0.15, 0.2) is 0 Å². The van der Waals surface area contributed by atoms with Gasteiger partial charge in [-0.2, -0.15) is 0 Å². The zero-order chi connectivity index (χ0) is 35.2. The molecule has 2 heteroatoms. The highest BCUT2D eigenvalue weighted by atomic mass is 16.3. The number of hydrogen-bond acceptors (Lipinski definition) is 2. The summed E-state index contributed by atoms with van der Waals surface area (Å²) in [6, 6.07) is 49.2. The summed E-state index contributed by atoms with van der Waals surface area (Å²) in [6.45, 7) is 0. The van der Waals surface area contributed by atoms with E-state index in [0.29, 0.717) is 0 Å². The molecule has 5 fully saturated rings. The number of fused-ring (bicyclic) bond motifs is 11. The van der Waals surface area contributed by atoms with Crippen LogP contribution in [0, 0.1) is 23.7 Å². The third-order valence-electron chi connectivity index (χ3n) is 15.6. The van der Waals surface area contributed by atoms with Gasteiger partial charge in [0.05, 0.1) is 5.69 Å². The monoisotopic (exact) mass is 699 g/mol. The lowest BCUT2D eigenvalue weighted by molar-refractivity contribution is -0.0399. The van der Waals surface area contributed by atoms with E-state index < -0.39 is 0 Å². The van der Waals surface area contributed by atoms with Crippen molar-refractivity contribution in [3.63, 3.8) is 0 Å². The van der Waals surface area contributed by atoms with Gasteiger partial charge in [-0.05, 0) is 150 Å². The predicted molar refractivity (Wildman–Crippen MR) is 221 cm³/mol. The molecule has 0 amide bonds. The van der Waals surface area contributed by atoms with Gasteiger partial charge in [0.25, 0.3) is 0 Å². The summed E-state index contributed by atoms with van der Waals surface area (Å²) in [6.07, 6.45) is 13.4. The van der Waals surface area contributed by atoms with Gasteiger partial charge in [0.1, 0.15) is 11.2 Å². The van der Waals surface area contributed by atoms with Crippen molar-refractivity contribution in [1.29, 1.82) is 0 Å². The third kappa shape index (κ3) is 3.77. The average molecular weight is 700 g/mol. The Bertz CT molecular complexity index is 2660. The highest BCUT2D eigenvalue weighted by Crippen LogP contribution is 2.70. The number of anilines is 3. The quantitative estimate of drug-likeness (QED) is 0.183. The van der Waals surface area contributed by atoms with E-state index in [1.807, 2.05) is 0 Å². The lowest BCUT2D eigenvalue weighted by atomic mass is 9.43. The standard InChI is InChI=1S/C52H45NO/c1-8-23-51(24-9-1)43-14-5-2-11-38(43)39-21-19-37(31-46(39)51)53(36-20-22-49-42(30-36)40-12-4-7-18-48(40)54-49)47-17-10-16-45-50(47)41-13-3-6-15-44(41)52(45)34-26-32-25-33(28-34)29-35(52)27-32/h2-7,10-22,30-35H,1,8-9,23-29H2. The van der Waals surface area contributed by atoms with E-state index in [0.717, 1.165) is 34.8 Å². The summed E-state index contributed by atoms with van der Waals surface area (Å²) in [7, 11) is 0. The molecule has 0 atom stereocenters. The lowest BCUT2D eigenvalue weighted by Crippen LogP contribution is -2.55. The van der Waals surface area contributed by atoms with Crippen LogP contribution in [0.5, 0.6) is 0 Å². The molecule has 54 heavy (non-hydrogen) atoms. The van der Waals surface area contributed by atoms with Crippen LogP contribution in [0.4, 0.5) is 17.1 Å². The van der Waals surface area contributed by atoms with Gasteiger partial charge in [-0.3, -0.25) is 0 Å². The molecule has 14 rings (SSSR count). The van der Waals surface area contributed by atoms with Gasteiger partial charge in [-0.25, -0.2) is 0 Å². The number of nitrogens with zero attached hydrogens (tertiary/aromatic N) is 1. The molecular weight excluding hydrogens is 655 g/mol. The molecule has 0 N–H and O–H groups in total. The molecule has 7 aliphatic rings. The van der Waals surface area contributed by atoms with Crippen molar-refractivity contribution in [2.75, 3.05) is 4.90 Å². The first-order valence-corrected chi connectivity index (χ1v) is 20.9. The smallest absolute Gasteiger partial charge is 0.135 e. The Balaban J connectivity index is 1.08. The lowest BCUT2D eigenvalue weighted by Gasteiger charge is -2.61. The fourth-order valence-corrected chi connectivity index (χ4v) is 13.9. The van der Waals surface area contributed by atoms with Crippen molar-refractivity contribution in [3.05, 3.63) is 150 Å². The third-order valence-corrected chi connectivity index (χ3v) is 15.6. The van der Waals surface area contributed by atoms with Gasteiger partial charge in [0.2, 0.25) is 0 Å². The molecule has 7 aromatic rings. The maximum atomic E-state index is 6.40. The minimum Gasteiger partial charge on any atom is -0.456 e. The molecule has 0 saturated heterocycles. The first kappa shape index (κ1) is 30.3. The first-order chi connectivity index (χ1) is 26.7. The Kier molecular flexibility index (Phi) is 6.04. The molecule has 5 saturated carbocycles. The maximum Gasteiger partial charge on any atom is 0.135 e. The Morgan fingerprint density at radius 1 is 0.481 bits per heavy atom. The molecular formula is C52H45NO. The molecule has 0 aliphatic heterocycles. The van der Waals surface area contributed by atoms with Crippen molar-refractivity contribution >= 4 is 39.0 Å². The minimum atomic E-state index is 0.0895. The maximum absolute atomic E-state index is 6.40. The molecule has 264 valence electrons. The zero-order valence-electron chi connectivity index (χ0n) is 30.9. The van der Waals surface area contributed by atoms with Crippen molar-refractivity contribution in [1.82, 2.24) is 0 Å². The van der Waals surface area contributed by atoms with Crippen LogP contribution in [0.1, 0.15) is 86.5 Å². The summed E-state index contributed by atoms with van der Waals surface area (Å²) in [5.74, 6) is 3.32. The van der Waals surface area contributed by atoms with E-state index in [9.17, 15) is 0 Å². The summed E-state index contributed by atoms with van der Waals surface area (Å²) in [5.41, 5.74) is 18.0. The highest BCUT2D eigenvalue weighted by molar-refractivity contribution is 6.07. The molecule has 0 radical (unpaired) electrons. The van der Waals surface area contributed by atoms with Crippen LogP contribution in [0.2, 0.25) is 0 Å². The van der Waals surface area contributed by atoms with Crippen LogP contribution < -0.4 is 4.90 Å². The second-order valence-electron chi connectivity index (χ2n) is 18.0. The number of hydrogen-bond donors (Lipinski definition) is 0. The SMILES string of the molecule is c1ccc2c(c1)-c1ccc(N(c3ccc4oc5ccccc5c4c3)c3cccc4c3-c3ccccc3C43C4CC5CC(C4)CC3C5)cc1C21CCCCC1. The second-order valence-corrected chi connectivity index (χ2v) is 18.0. The van der Waals surface area contributed by atoms with Crippen molar-refractivity contribution in [3.8, 4) is 22.3 Å². The Hall–Kier alpha value is -5.08. The molecule has 4 bridgehead atoms. The molecule has 1 aromatic heterocycles. The second kappa shape index (κ2) is 10.8.